The first-order valence-electron chi connectivity index (χ1n) is 7.65. The minimum atomic E-state index is -0.292. The van der Waals surface area contributed by atoms with Gasteiger partial charge in [0.15, 0.2) is 0 Å². The third-order valence-corrected chi connectivity index (χ3v) is 5.64. The third kappa shape index (κ3) is 2.18. The van der Waals surface area contributed by atoms with Crippen LogP contribution in [0.2, 0.25) is 0 Å². The summed E-state index contributed by atoms with van der Waals surface area (Å²) in [6, 6.07) is 0.453. The number of carbonyl (C=O) groups excluding carboxylic acids is 1. The molecule has 0 aromatic carbocycles. The van der Waals surface area contributed by atoms with Crippen molar-refractivity contribution in [3.63, 3.8) is 0 Å². The number of carbonyl (C=O) groups is 1. The minimum absolute atomic E-state index is 0.0328. The Morgan fingerprint density at radius 2 is 2.06 bits per heavy atom. The van der Waals surface area contributed by atoms with Crippen LogP contribution in [0.25, 0.3) is 0 Å². The predicted octanol–water partition coefficient (Wildman–Crippen LogP) is 2.20. The summed E-state index contributed by atoms with van der Waals surface area (Å²) in [5, 5.41) is 3.32. The van der Waals surface area contributed by atoms with Gasteiger partial charge in [-0.15, -0.1) is 0 Å². The van der Waals surface area contributed by atoms with Crippen LogP contribution < -0.4 is 11.1 Å². The molecule has 3 saturated carbocycles. The molecule has 5 atom stereocenters. The van der Waals surface area contributed by atoms with Crippen molar-refractivity contribution in [1.82, 2.24) is 5.32 Å². The van der Waals surface area contributed by atoms with Crippen LogP contribution in [0.1, 0.15) is 58.3 Å². The van der Waals surface area contributed by atoms with E-state index in [9.17, 15) is 4.79 Å². The summed E-state index contributed by atoms with van der Waals surface area (Å²) in [5.41, 5.74) is 6.02. The molecule has 0 heterocycles. The largest absolute Gasteiger partial charge is 0.353 e. The van der Waals surface area contributed by atoms with Crippen molar-refractivity contribution in [3.05, 3.63) is 0 Å². The number of hydrogen-bond acceptors (Lipinski definition) is 2. The Morgan fingerprint density at radius 1 is 1.22 bits per heavy atom. The summed E-state index contributed by atoms with van der Waals surface area (Å²) in [6.45, 7) is 2.05. The van der Waals surface area contributed by atoms with Crippen LogP contribution in [0.4, 0.5) is 0 Å². The first-order valence-corrected chi connectivity index (χ1v) is 7.65. The molecule has 0 aliphatic heterocycles. The highest BCUT2D eigenvalue weighted by atomic mass is 16.2. The maximum Gasteiger partial charge on any atom is 0.225 e. The van der Waals surface area contributed by atoms with Gasteiger partial charge in [0.25, 0.3) is 0 Å². The average Bonchev–Trinajstić information content (AvgIpc) is 2.90. The van der Waals surface area contributed by atoms with Gasteiger partial charge in [0, 0.05) is 11.6 Å². The van der Waals surface area contributed by atoms with E-state index in [0.717, 1.165) is 31.1 Å². The van der Waals surface area contributed by atoms with Crippen molar-refractivity contribution in [2.45, 2.75) is 69.9 Å². The fourth-order valence-electron chi connectivity index (χ4n) is 4.49. The van der Waals surface area contributed by atoms with E-state index in [-0.39, 0.29) is 17.4 Å². The van der Waals surface area contributed by atoms with Crippen molar-refractivity contribution >= 4 is 5.91 Å². The van der Waals surface area contributed by atoms with Crippen molar-refractivity contribution in [1.29, 1.82) is 0 Å². The second-order valence-corrected chi connectivity index (χ2v) is 7.09. The lowest BCUT2D eigenvalue weighted by Crippen LogP contribution is -2.54. The van der Waals surface area contributed by atoms with E-state index in [4.69, 9.17) is 5.73 Å². The Balaban J connectivity index is 1.61. The number of nitrogens with two attached hydrogens (primary N) is 1. The molecule has 3 N–H and O–H groups in total. The molecule has 0 saturated heterocycles. The minimum Gasteiger partial charge on any atom is -0.353 e. The summed E-state index contributed by atoms with van der Waals surface area (Å²) >= 11 is 0. The van der Waals surface area contributed by atoms with Crippen molar-refractivity contribution in [2.24, 2.45) is 23.5 Å². The van der Waals surface area contributed by atoms with Crippen LogP contribution in [0, 0.1) is 17.8 Å². The zero-order chi connectivity index (χ0) is 12.8. The third-order valence-electron chi connectivity index (χ3n) is 5.64. The first kappa shape index (κ1) is 12.5. The molecule has 3 rings (SSSR count). The highest BCUT2D eigenvalue weighted by Gasteiger charge is 2.43. The fraction of sp³-hybridized carbons (Fsp3) is 0.933. The Labute approximate surface area is 110 Å². The smallest absolute Gasteiger partial charge is 0.225 e. The Morgan fingerprint density at radius 3 is 2.67 bits per heavy atom. The molecule has 102 valence electrons. The van der Waals surface area contributed by atoms with Gasteiger partial charge in [-0.2, -0.15) is 0 Å². The number of amides is 1. The summed E-state index contributed by atoms with van der Waals surface area (Å²) in [5.74, 6) is 1.91. The average molecular weight is 250 g/mol. The molecule has 3 fully saturated rings. The van der Waals surface area contributed by atoms with Gasteiger partial charge in [-0.05, 0) is 50.9 Å². The lowest BCUT2D eigenvalue weighted by molar-refractivity contribution is -0.129. The molecule has 5 unspecified atom stereocenters. The number of hydrogen-bond donors (Lipinski definition) is 2. The van der Waals surface area contributed by atoms with Crippen LogP contribution >= 0.6 is 0 Å². The van der Waals surface area contributed by atoms with E-state index >= 15 is 0 Å². The highest BCUT2D eigenvalue weighted by molar-refractivity contribution is 5.80. The van der Waals surface area contributed by atoms with Crippen LogP contribution in [0.5, 0.6) is 0 Å². The van der Waals surface area contributed by atoms with Crippen LogP contribution in [-0.4, -0.2) is 17.5 Å². The van der Waals surface area contributed by atoms with Crippen LogP contribution in [-0.2, 0) is 4.79 Å². The van der Waals surface area contributed by atoms with Gasteiger partial charge < -0.3 is 11.1 Å². The molecule has 3 nitrogen and oxygen atoms in total. The van der Waals surface area contributed by atoms with E-state index in [0.29, 0.717) is 6.04 Å². The molecule has 18 heavy (non-hydrogen) atoms. The Bertz CT molecular complexity index is 339. The van der Waals surface area contributed by atoms with E-state index in [1.807, 2.05) is 0 Å². The van der Waals surface area contributed by atoms with Crippen LogP contribution in [0.3, 0.4) is 0 Å². The van der Waals surface area contributed by atoms with Crippen LogP contribution in [0.15, 0.2) is 0 Å². The zero-order valence-electron chi connectivity index (χ0n) is 11.5. The van der Waals surface area contributed by atoms with Gasteiger partial charge in [-0.3, -0.25) is 4.79 Å². The highest BCUT2D eigenvalue weighted by Crippen LogP contribution is 2.44. The van der Waals surface area contributed by atoms with Crippen molar-refractivity contribution < 1.29 is 4.79 Å². The molecular formula is C15H26N2O. The summed E-state index contributed by atoms with van der Waals surface area (Å²) in [4.78, 5) is 12.5. The molecule has 0 spiro atoms. The number of nitrogens with one attached hydrogen (secondary N) is 1. The predicted molar refractivity (Wildman–Crippen MR) is 71.9 cm³/mol. The van der Waals surface area contributed by atoms with Gasteiger partial charge in [0.1, 0.15) is 0 Å². The molecule has 0 aromatic rings. The van der Waals surface area contributed by atoms with Gasteiger partial charge >= 0.3 is 0 Å². The molecular weight excluding hydrogens is 224 g/mol. The molecule has 2 bridgehead atoms. The second kappa shape index (κ2) is 4.52. The molecule has 1 amide bonds. The van der Waals surface area contributed by atoms with E-state index in [1.165, 1.54) is 32.1 Å². The molecule has 3 aliphatic carbocycles. The topological polar surface area (TPSA) is 55.1 Å². The van der Waals surface area contributed by atoms with E-state index in [2.05, 4.69) is 12.2 Å². The number of fused-ring (bicyclic) bond motifs is 2. The van der Waals surface area contributed by atoms with E-state index in [1.54, 1.807) is 0 Å². The first-order chi connectivity index (χ1) is 8.56. The lowest BCUT2D eigenvalue weighted by atomic mass is 9.74. The second-order valence-electron chi connectivity index (χ2n) is 7.09. The zero-order valence-corrected chi connectivity index (χ0v) is 11.5. The van der Waals surface area contributed by atoms with E-state index < -0.39 is 0 Å². The quantitative estimate of drug-likeness (QED) is 0.789. The van der Waals surface area contributed by atoms with Crippen molar-refractivity contribution in [3.8, 4) is 0 Å². The normalized spacial score (nSPS) is 47.2. The Hall–Kier alpha value is -0.570. The number of rotatable bonds is 2. The molecule has 3 heteroatoms. The maximum atomic E-state index is 12.5. The molecule has 0 radical (unpaired) electrons. The molecule has 0 aromatic heterocycles. The summed E-state index contributed by atoms with van der Waals surface area (Å²) < 4.78 is 0. The van der Waals surface area contributed by atoms with Gasteiger partial charge in [0.05, 0.1) is 5.92 Å². The molecule has 3 aliphatic rings. The Kier molecular flexibility index (Phi) is 3.13. The summed E-state index contributed by atoms with van der Waals surface area (Å²) in [6.07, 6.45) is 9.54. The maximum absolute atomic E-state index is 12.5. The van der Waals surface area contributed by atoms with Crippen molar-refractivity contribution in [2.75, 3.05) is 0 Å². The standard InChI is InChI=1S/C15H26N2O/c1-15(16)7-3-2-4-12(15)14(18)17-13-9-10-5-6-11(13)8-10/h10-13H,2-9,16H2,1H3,(H,17,18). The monoisotopic (exact) mass is 250 g/mol. The lowest BCUT2D eigenvalue weighted by Gasteiger charge is -2.38. The van der Waals surface area contributed by atoms with Gasteiger partial charge in [0.2, 0.25) is 5.91 Å². The SMILES string of the molecule is CC1(N)CCCCC1C(=O)NC1CC2CCC1C2. The summed E-state index contributed by atoms with van der Waals surface area (Å²) in [7, 11) is 0. The fourth-order valence-corrected chi connectivity index (χ4v) is 4.49. The van der Waals surface area contributed by atoms with Gasteiger partial charge in [-0.1, -0.05) is 19.3 Å². The van der Waals surface area contributed by atoms with Gasteiger partial charge in [-0.25, -0.2) is 0 Å².